The highest BCUT2D eigenvalue weighted by Gasteiger charge is 2.39. The quantitative estimate of drug-likeness (QED) is 0.898. The molecule has 1 aliphatic heterocycles. The minimum Gasteiger partial charge on any atom is -0.316 e. The van der Waals surface area contributed by atoms with Crippen molar-refractivity contribution >= 4 is 17.4 Å². The van der Waals surface area contributed by atoms with Crippen molar-refractivity contribution in [2.75, 3.05) is 13.1 Å². The summed E-state index contributed by atoms with van der Waals surface area (Å²) in [6.45, 7) is 3.67. The number of Topliss-reactive ketones (excluding diaryl/α,β-unsaturated/α-hetero) is 1. The molecule has 1 N–H and O–H groups in total. The third-order valence-corrected chi connectivity index (χ3v) is 4.16. The summed E-state index contributed by atoms with van der Waals surface area (Å²) >= 11 is 5.72. The minimum absolute atomic E-state index is 0.139. The first-order chi connectivity index (χ1) is 9.07. The van der Waals surface area contributed by atoms with Gasteiger partial charge in [0.15, 0.2) is 0 Å². The summed E-state index contributed by atoms with van der Waals surface area (Å²) < 4.78 is 13.8. The first-order valence-corrected chi connectivity index (χ1v) is 7.13. The monoisotopic (exact) mass is 283 g/mol. The number of carbonyl (C=O) groups excluding carboxylic acids is 1. The van der Waals surface area contributed by atoms with Crippen molar-refractivity contribution in [1.82, 2.24) is 5.32 Å². The molecule has 0 amide bonds. The smallest absolute Gasteiger partial charge is 0.144 e. The molecule has 1 fully saturated rings. The van der Waals surface area contributed by atoms with Crippen molar-refractivity contribution in [3.8, 4) is 0 Å². The van der Waals surface area contributed by atoms with Crippen molar-refractivity contribution in [3.63, 3.8) is 0 Å². The number of ketones is 1. The summed E-state index contributed by atoms with van der Waals surface area (Å²) in [4.78, 5) is 12.5. The zero-order valence-corrected chi connectivity index (χ0v) is 11.9. The van der Waals surface area contributed by atoms with E-state index in [9.17, 15) is 9.18 Å². The predicted molar refractivity (Wildman–Crippen MR) is 74.9 cm³/mol. The van der Waals surface area contributed by atoms with E-state index in [2.05, 4.69) is 12.2 Å². The number of benzene rings is 1. The van der Waals surface area contributed by atoms with Gasteiger partial charge in [0.05, 0.1) is 0 Å². The van der Waals surface area contributed by atoms with Gasteiger partial charge in [-0.15, -0.1) is 0 Å². The van der Waals surface area contributed by atoms with Crippen LogP contribution in [0.1, 0.15) is 31.7 Å². The largest absolute Gasteiger partial charge is 0.316 e. The van der Waals surface area contributed by atoms with Crippen molar-refractivity contribution < 1.29 is 9.18 Å². The van der Waals surface area contributed by atoms with Gasteiger partial charge in [-0.3, -0.25) is 4.79 Å². The van der Waals surface area contributed by atoms with Crippen LogP contribution in [0, 0.1) is 11.2 Å². The van der Waals surface area contributed by atoms with Crippen LogP contribution in [0.4, 0.5) is 4.39 Å². The molecule has 0 aliphatic carbocycles. The highest BCUT2D eigenvalue weighted by Crippen LogP contribution is 2.33. The average molecular weight is 284 g/mol. The molecule has 19 heavy (non-hydrogen) atoms. The molecular weight excluding hydrogens is 265 g/mol. The zero-order chi connectivity index (χ0) is 13.9. The maximum Gasteiger partial charge on any atom is 0.144 e. The Kier molecular flexibility index (Phi) is 4.58. The van der Waals surface area contributed by atoms with Gasteiger partial charge in [-0.1, -0.05) is 31.0 Å². The molecule has 0 radical (unpaired) electrons. The van der Waals surface area contributed by atoms with Gasteiger partial charge >= 0.3 is 0 Å². The molecule has 1 aliphatic rings. The first kappa shape index (κ1) is 14.5. The van der Waals surface area contributed by atoms with E-state index >= 15 is 0 Å². The molecule has 0 saturated carbocycles. The van der Waals surface area contributed by atoms with Gasteiger partial charge < -0.3 is 5.32 Å². The van der Waals surface area contributed by atoms with Crippen LogP contribution >= 0.6 is 11.6 Å². The van der Waals surface area contributed by atoms with E-state index in [4.69, 9.17) is 11.6 Å². The third kappa shape index (κ3) is 3.15. The van der Waals surface area contributed by atoms with E-state index in [-0.39, 0.29) is 17.6 Å². The Bertz CT molecular complexity index is 469. The Hall–Kier alpha value is -0.930. The van der Waals surface area contributed by atoms with E-state index in [0.717, 1.165) is 32.4 Å². The molecule has 0 spiro atoms. The van der Waals surface area contributed by atoms with Crippen LogP contribution in [0.5, 0.6) is 0 Å². The summed E-state index contributed by atoms with van der Waals surface area (Å²) in [5.74, 6) is -0.251. The first-order valence-electron chi connectivity index (χ1n) is 6.75. The topological polar surface area (TPSA) is 29.1 Å². The van der Waals surface area contributed by atoms with Crippen LogP contribution in [-0.2, 0) is 11.2 Å². The minimum atomic E-state index is -0.390. The van der Waals surface area contributed by atoms with E-state index in [0.29, 0.717) is 10.6 Å². The van der Waals surface area contributed by atoms with Crippen molar-refractivity contribution in [2.24, 2.45) is 5.41 Å². The molecular formula is C15H19ClFNO. The summed E-state index contributed by atoms with van der Waals surface area (Å²) in [6.07, 6.45) is 2.85. The fourth-order valence-corrected chi connectivity index (χ4v) is 3.00. The van der Waals surface area contributed by atoms with Gasteiger partial charge in [-0.05, 0) is 37.1 Å². The van der Waals surface area contributed by atoms with Crippen LogP contribution < -0.4 is 5.32 Å². The maximum absolute atomic E-state index is 13.8. The maximum atomic E-state index is 13.8. The fourth-order valence-electron chi connectivity index (χ4n) is 2.84. The Morgan fingerprint density at radius 3 is 2.89 bits per heavy atom. The lowest BCUT2D eigenvalue weighted by molar-refractivity contribution is -0.127. The molecule has 0 aromatic heterocycles. The Morgan fingerprint density at radius 1 is 1.53 bits per heavy atom. The van der Waals surface area contributed by atoms with Crippen LogP contribution in [0.25, 0.3) is 0 Å². The SMILES string of the molecule is CCCC1(C(=O)Cc2ccc(Cl)cc2F)CCNC1. The lowest BCUT2D eigenvalue weighted by Crippen LogP contribution is -2.34. The zero-order valence-electron chi connectivity index (χ0n) is 11.1. The summed E-state index contributed by atoms with van der Waals surface area (Å²) in [5, 5.41) is 3.61. The highest BCUT2D eigenvalue weighted by molar-refractivity contribution is 6.30. The van der Waals surface area contributed by atoms with Gasteiger partial charge in [0.25, 0.3) is 0 Å². The van der Waals surface area contributed by atoms with Crippen LogP contribution in [0.3, 0.4) is 0 Å². The highest BCUT2D eigenvalue weighted by atomic mass is 35.5. The summed E-state index contributed by atoms with van der Waals surface area (Å²) in [5.41, 5.74) is 0.137. The van der Waals surface area contributed by atoms with Gasteiger partial charge in [-0.2, -0.15) is 0 Å². The standard InChI is InChI=1S/C15H19ClFNO/c1-2-5-15(6-7-18-10-15)14(19)8-11-3-4-12(16)9-13(11)17/h3-4,9,18H,2,5-8,10H2,1H3. The number of halogens is 2. The molecule has 0 bridgehead atoms. The Labute approximate surface area is 118 Å². The van der Waals surface area contributed by atoms with E-state index < -0.39 is 5.82 Å². The molecule has 2 rings (SSSR count). The second-order valence-electron chi connectivity index (χ2n) is 5.29. The number of hydrogen-bond donors (Lipinski definition) is 1. The van der Waals surface area contributed by atoms with Crippen molar-refractivity contribution in [1.29, 1.82) is 0 Å². The molecule has 1 heterocycles. The normalized spacial score (nSPS) is 22.7. The second-order valence-corrected chi connectivity index (χ2v) is 5.73. The number of nitrogens with one attached hydrogen (secondary N) is 1. The van der Waals surface area contributed by atoms with Crippen molar-refractivity contribution in [3.05, 3.63) is 34.6 Å². The Morgan fingerprint density at radius 2 is 2.32 bits per heavy atom. The summed E-state index contributed by atoms with van der Waals surface area (Å²) in [7, 11) is 0. The van der Waals surface area contributed by atoms with Gasteiger partial charge in [-0.25, -0.2) is 4.39 Å². The van der Waals surface area contributed by atoms with Crippen LogP contribution in [-0.4, -0.2) is 18.9 Å². The van der Waals surface area contributed by atoms with Crippen molar-refractivity contribution in [2.45, 2.75) is 32.6 Å². The van der Waals surface area contributed by atoms with Gasteiger partial charge in [0.2, 0.25) is 0 Å². The van der Waals surface area contributed by atoms with E-state index in [1.54, 1.807) is 12.1 Å². The molecule has 2 nitrogen and oxygen atoms in total. The van der Waals surface area contributed by atoms with Gasteiger partial charge in [0, 0.05) is 23.4 Å². The fraction of sp³-hybridized carbons (Fsp3) is 0.533. The average Bonchev–Trinajstić information content (AvgIpc) is 2.83. The molecule has 1 atom stereocenters. The number of hydrogen-bond acceptors (Lipinski definition) is 2. The third-order valence-electron chi connectivity index (χ3n) is 3.93. The lowest BCUT2D eigenvalue weighted by Gasteiger charge is -2.26. The molecule has 4 heteroatoms. The van der Waals surface area contributed by atoms with Crippen LogP contribution in [0.2, 0.25) is 5.02 Å². The molecule has 1 saturated heterocycles. The number of carbonyl (C=O) groups is 1. The lowest BCUT2D eigenvalue weighted by atomic mass is 9.76. The second kappa shape index (κ2) is 6.02. The summed E-state index contributed by atoms with van der Waals surface area (Å²) in [6, 6.07) is 4.51. The number of rotatable bonds is 5. The van der Waals surface area contributed by atoms with E-state index in [1.165, 1.54) is 6.07 Å². The molecule has 1 aromatic rings. The molecule has 104 valence electrons. The molecule has 1 aromatic carbocycles. The van der Waals surface area contributed by atoms with E-state index in [1.807, 2.05) is 0 Å². The Balaban J connectivity index is 2.15. The molecule has 1 unspecified atom stereocenters. The van der Waals surface area contributed by atoms with Crippen LogP contribution in [0.15, 0.2) is 18.2 Å². The predicted octanol–water partition coefficient (Wildman–Crippen LogP) is 3.37. The van der Waals surface area contributed by atoms with Gasteiger partial charge in [0.1, 0.15) is 11.6 Å².